The predicted octanol–water partition coefficient (Wildman–Crippen LogP) is 11.2. The van der Waals surface area contributed by atoms with Crippen LogP contribution >= 0.6 is 69.1 Å². The lowest BCUT2D eigenvalue weighted by molar-refractivity contribution is -0.136. The number of carbonyl (C=O) groups excluding carboxylic acids is 1. The minimum atomic E-state index is -0.831. The Morgan fingerprint density at radius 1 is 0.696 bits per heavy atom. The highest BCUT2D eigenvalue weighted by atomic mass is 35.5. The van der Waals surface area contributed by atoms with E-state index in [9.17, 15) is 14.0 Å². The average molecular weight is 736 g/mol. The van der Waals surface area contributed by atoms with Crippen molar-refractivity contribution in [2.75, 3.05) is 13.1 Å². The maximum Gasteiger partial charge on any atom is 0.308 e. The van der Waals surface area contributed by atoms with Gasteiger partial charge in [0, 0.05) is 52.7 Å². The van der Waals surface area contributed by atoms with Crippen LogP contribution in [0.2, 0.25) is 20.1 Å². The first kappa shape index (κ1) is 34.4. The highest BCUT2D eigenvalue weighted by molar-refractivity contribution is 7.15. The van der Waals surface area contributed by atoms with Crippen LogP contribution < -0.4 is 0 Å². The third-order valence-corrected chi connectivity index (χ3v) is 10.6. The molecule has 3 heterocycles. The maximum atomic E-state index is 13.1. The number of carboxylic acid groups (broad SMARTS) is 1. The number of hydrogen-bond donors (Lipinski definition) is 1. The van der Waals surface area contributed by atoms with E-state index < -0.39 is 5.97 Å². The van der Waals surface area contributed by atoms with Crippen molar-refractivity contribution in [1.29, 1.82) is 0 Å². The summed E-state index contributed by atoms with van der Waals surface area (Å²) in [5.41, 5.74) is 3.03. The van der Waals surface area contributed by atoms with E-state index >= 15 is 0 Å². The van der Waals surface area contributed by atoms with Crippen molar-refractivity contribution in [1.82, 2.24) is 4.90 Å². The molecular formula is C35H28Cl4FNO3S2. The summed E-state index contributed by atoms with van der Waals surface area (Å²) in [6.45, 7) is 1.48. The fraction of sp³-hybridized carbons (Fsp3) is 0.200. The first-order valence-corrected chi connectivity index (χ1v) is 17.5. The molecule has 6 rings (SSSR count). The molecule has 0 bridgehead atoms. The molecule has 0 aliphatic carbocycles. The van der Waals surface area contributed by atoms with E-state index in [1.165, 1.54) is 23.5 Å². The van der Waals surface area contributed by atoms with E-state index in [0.29, 0.717) is 32.4 Å². The largest absolute Gasteiger partial charge is 0.481 e. The number of hydrogen-bond acceptors (Lipinski definition) is 4. The lowest BCUT2D eigenvalue weighted by Crippen LogP contribution is -2.38. The summed E-state index contributed by atoms with van der Waals surface area (Å²) in [4.78, 5) is 29.1. The maximum absolute atomic E-state index is 13.1. The van der Waals surface area contributed by atoms with Crippen LogP contribution in [0.25, 0.3) is 20.9 Å². The van der Waals surface area contributed by atoms with Crippen molar-refractivity contribution >= 4 is 81.0 Å². The normalized spacial score (nSPS) is 13.3. The third kappa shape index (κ3) is 9.57. The van der Waals surface area contributed by atoms with Gasteiger partial charge in [0.15, 0.2) is 0 Å². The van der Waals surface area contributed by atoms with Crippen LogP contribution in [0, 0.1) is 5.82 Å². The van der Waals surface area contributed by atoms with Crippen molar-refractivity contribution in [2.24, 2.45) is 0 Å². The zero-order chi connectivity index (χ0) is 32.8. The molecule has 3 aromatic carbocycles. The fourth-order valence-electron chi connectivity index (χ4n) is 5.26. The molecule has 0 atom stereocenters. The molecular weight excluding hydrogens is 707 g/mol. The average Bonchev–Trinajstić information content (AvgIpc) is 3.67. The van der Waals surface area contributed by atoms with Gasteiger partial charge >= 0.3 is 5.97 Å². The standard InChI is InChI=1S/C23H20Cl2FNOS.C12H8Cl2O2S/c24-18-11-17(12-19(25)13-18)22-6-5-21(29-22)14-23(28)27-9-7-16(8-10-27)15-1-3-20(26)4-2-15;13-8-3-7(4-9(14)5-8)11-2-1-10(17-11)6-12(15)16/h1-6,11-13,16H,7-10,14H2;1-5H,6H2,(H,15,16). The van der Waals surface area contributed by atoms with Gasteiger partial charge in [-0.2, -0.15) is 0 Å². The quantitative estimate of drug-likeness (QED) is 0.181. The number of amides is 1. The molecule has 1 saturated heterocycles. The monoisotopic (exact) mass is 733 g/mol. The molecule has 2 aromatic heterocycles. The van der Waals surface area contributed by atoms with Gasteiger partial charge in [-0.15, -0.1) is 22.7 Å². The molecule has 1 amide bonds. The zero-order valence-corrected chi connectivity index (χ0v) is 29.0. The number of carboxylic acids is 1. The number of piperidine rings is 1. The van der Waals surface area contributed by atoms with Crippen molar-refractivity contribution in [3.05, 3.63) is 126 Å². The van der Waals surface area contributed by atoms with E-state index in [2.05, 4.69) is 0 Å². The Labute approximate surface area is 294 Å². The van der Waals surface area contributed by atoms with Crippen molar-refractivity contribution in [3.63, 3.8) is 0 Å². The highest BCUT2D eigenvalue weighted by Gasteiger charge is 2.24. The number of likely N-dealkylation sites (tertiary alicyclic amines) is 1. The highest BCUT2D eigenvalue weighted by Crippen LogP contribution is 2.34. The molecule has 0 radical (unpaired) electrons. The Bertz CT molecular complexity index is 1790. The Balaban J connectivity index is 0.000000209. The number of rotatable bonds is 7. The van der Waals surface area contributed by atoms with Gasteiger partial charge in [-0.1, -0.05) is 58.5 Å². The van der Waals surface area contributed by atoms with E-state index in [-0.39, 0.29) is 18.1 Å². The molecule has 11 heteroatoms. The summed E-state index contributed by atoms with van der Waals surface area (Å²) >= 11 is 27.1. The second-order valence-electron chi connectivity index (χ2n) is 10.8. The molecule has 46 heavy (non-hydrogen) atoms. The molecule has 5 aromatic rings. The van der Waals surface area contributed by atoms with Gasteiger partial charge in [-0.25, -0.2) is 4.39 Å². The molecule has 1 aliphatic heterocycles. The van der Waals surface area contributed by atoms with E-state index in [0.717, 1.165) is 62.1 Å². The van der Waals surface area contributed by atoms with Crippen molar-refractivity contribution < 1.29 is 19.1 Å². The van der Waals surface area contributed by atoms with Crippen molar-refractivity contribution in [3.8, 4) is 20.9 Å². The van der Waals surface area contributed by atoms with Gasteiger partial charge < -0.3 is 10.0 Å². The minimum absolute atomic E-state index is 0.0406. The molecule has 1 aliphatic rings. The first-order valence-electron chi connectivity index (χ1n) is 14.4. The molecule has 4 nitrogen and oxygen atoms in total. The van der Waals surface area contributed by atoms with E-state index in [1.54, 1.807) is 23.5 Å². The summed E-state index contributed by atoms with van der Waals surface area (Å²) < 4.78 is 13.1. The summed E-state index contributed by atoms with van der Waals surface area (Å²) in [6, 6.07) is 25.2. The number of thiophene rings is 2. The lowest BCUT2D eigenvalue weighted by Gasteiger charge is -2.32. The second-order valence-corrected chi connectivity index (χ2v) is 14.9. The number of aliphatic carboxylic acids is 1. The molecule has 0 saturated carbocycles. The zero-order valence-electron chi connectivity index (χ0n) is 24.3. The summed E-state index contributed by atoms with van der Waals surface area (Å²) in [5, 5.41) is 11.0. The number of carbonyl (C=O) groups is 2. The Kier molecular flexibility index (Phi) is 11.8. The SMILES string of the molecule is O=C(Cc1ccc(-c2cc(Cl)cc(Cl)c2)s1)N1CCC(c2ccc(F)cc2)CC1.O=C(O)Cc1ccc(-c2cc(Cl)cc(Cl)c2)s1. The topological polar surface area (TPSA) is 57.6 Å². The van der Waals surface area contributed by atoms with Crippen LogP contribution in [0.1, 0.15) is 34.1 Å². The lowest BCUT2D eigenvalue weighted by atomic mass is 9.89. The Morgan fingerprint density at radius 2 is 1.15 bits per heavy atom. The molecule has 0 spiro atoms. The van der Waals surface area contributed by atoms with Gasteiger partial charge in [0.25, 0.3) is 0 Å². The number of benzene rings is 3. The Hall–Kier alpha value is -2.91. The van der Waals surface area contributed by atoms with Crippen LogP contribution in [-0.2, 0) is 22.4 Å². The fourth-order valence-corrected chi connectivity index (χ4v) is 8.28. The summed E-state index contributed by atoms with van der Waals surface area (Å²) in [7, 11) is 0. The van der Waals surface area contributed by atoms with Crippen LogP contribution in [-0.4, -0.2) is 35.0 Å². The number of nitrogens with zero attached hydrogens (tertiary/aromatic N) is 1. The molecule has 1 fully saturated rings. The molecule has 0 unspecified atom stereocenters. The molecule has 238 valence electrons. The van der Waals surface area contributed by atoms with Gasteiger partial charge in [0.05, 0.1) is 12.8 Å². The minimum Gasteiger partial charge on any atom is -0.481 e. The number of halogens is 5. The van der Waals surface area contributed by atoms with Crippen LogP contribution in [0.15, 0.2) is 84.9 Å². The van der Waals surface area contributed by atoms with E-state index in [1.807, 2.05) is 65.6 Å². The molecule has 1 N–H and O–H groups in total. The van der Waals surface area contributed by atoms with Gasteiger partial charge in [0.2, 0.25) is 5.91 Å². The first-order chi connectivity index (χ1) is 22.0. The van der Waals surface area contributed by atoms with Crippen molar-refractivity contribution in [2.45, 2.75) is 31.6 Å². The summed E-state index contributed by atoms with van der Waals surface area (Å²) in [6.07, 6.45) is 2.27. The van der Waals surface area contributed by atoms with E-state index in [4.69, 9.17) is 51.5 Å². The van der Waals surface area contributed by atoms with Crippen LogP contribution in [0.4, 0.5) is 4.39 Å². The van der Waals surface area contributed by atoms with Gasteiger partial charge in [0.1, 0.15) is 5.82 Å². The van der Waals surface area contributed by atoms with Crippen LogP contribution in [0.3, 0.4) is 0 Å². The van der Waals surface area contributed by atoms with Crippen LogP contribution in [0.5, 0.6) is 0 Å². The Morgan fingerprint density at radius 3 is 1.61 bits per heavy atom. The van der Waals surface area contributed by atoms with Gasteiger partial charge in [-0.3, -0.25) is 9.59 Å². The van der Waals surface area contributed by atoms with Gasteiger partial charge in [-0.05, 0) is 108 Å². The summed E-state index contributed by atoms with van der Waals surface area (Å²) in [5.74, 6) is -0.500. The predicted molar refractivity (Wildman–Crippen MR) is 190 cm³/mol. The second kappa shape index (κ2) is 15.8. The third-order valence-electron chi connectivity index (χ3n) is 7.46. The smallest absolute Gasteiger partial charge is 0.308 e.